The van der Waals surface area contributed by atoms with Crippen LogP contribution < -0.4 is 10.1 Å². The Hall–Kier alpha value is -2.55. The lowest BCUT2D eigenvalue weighted by Crippen LogP contribution is -2.48. The maximum absolute atomic E-state index is 13.5. The third kappa shape index (κ3) is 5.12. The predicted octanol–water partition coefficient (Wildman–Crippen LogP) is 6.47. The van der Waals surface area contributed by atoms with Crippen molar-refractivity contribution in [3.63, 3.8) is 0 Å². The largest absolute Gasteiger partial charge is 0.491 e. The first-order valence-corrected chi connectivity index (χ1v) is 12.1. The highest BCUT2D eigenvalue weighted by molar-refractivity contribution is 5.85. The highest BCUT2D eigenvalue weighted by atomic mass is 35.5. The van der Waals surface area contributed by atoms with E-state index in [-0.39, 0.29) is 36.1 Å². The van der Waals surface area contributed by atoms with Crippen LogP contribution >= 0.6 is 12.4 Å². The molecule has 36 heavy (non-hydrogen) atoms. The third-order valence-corrected chi connectivity index (χ3v) is 6.92. The van der Waals surface area contributed by atoms with Gasteiger partial charge in [0.2, 0.25) is 5.82 Å². The maximum Gasteiger partial charge on any atom is 0.450 e. The van der Waals surface area contributed by atoms with E-state index in [4.69, 9.17) is 9.47 Å². The summed E-state index contributed by atoms with van der Waals surface area (Å²) in [6.07, 6.45) is 0.594. The van der Waals surface area contributed by atoms with E-state index in [0.717, 1.165) is 35.9 Å². The molecule has 9 heteroatoms. The van der Waals surface area contributed by atoms with Crippen LogP contribution in [0.25, 0.3) is 5.69 Å². The number of nitrogens with one attached hydrogen (secondary N) is 1. The van der Waals surface area contributed by atoms with Crippen LogP contribution in [-0.2, 0) is 10.9 Å². The number of aromatic nitrogens is 2. The number of rotatable bonds is 5. The number of hydrogen-bond donors (Lipinski definition) is 1. The summed E-state index contributed by atoms with van der Waals surface area (Å²) in [6, 6.07) is 15.6. The van der Waals surface area contributed by atoms with E-state index in [9.17, 15) is 13.2 Å². The molecule has 2 fully saturated rings. The molecule has 0 aliphatic carbocycles. The standard InChI is InChI=1S/C27H30F3N3O2.ClH/c1-18(2)35-23-10-9-21(33-14-13-32-25(33)27(28,29)30)15-22(23)20-16-26(34-17-20)11-6-12-31-24(26)19-7-4-3-5-8-19;/h3-5,7-10,13-15,18,20,24,31H,6,11-12,16-17H2,1-2H3;1H/t20-,24+,26-;/m1./s1. The van der Waals surface area contributed by atoms with Crippen molar-refractivity contribution in [1.82, 2.24) is 14.9 Å². The highest BCUT2D eigenvalue weighted by Crippen LogP contribution is 2.50. The van der Waals surface area contributed by atoms with E-state index in [1.165, 1.54) is 18.0 Å². The molecule has 1 N–H and O–H groups in total. The number of hydrogen-bond acceptors (Lipinski definition) is 4. The summed E-state index contributed by atoms with van der Waals surface area (Å²) in [4.78, 5) is 3.55. The van der Waals surface area contributed by atoms with Gasteiger partial charge in [0.1, 0.15) is 5.75 Å². The first-order valence-electron chi connectivity index (χ1n) is 12.1. The van der Waals surface area contributed by atoms with E-state index in [1.54, 1.807) is 18.2 Å². The zero-order chi connectivity index (χ0) is 24.6. The molecule has 0 bridgehead atoms. The Balaban J connectivity index is 0.00000304. The number of imidazole rings is 1. The van der Waals surface area contributed by atoms with Gasteiger partial charge in [-0.1, -0.05) is 30.3 Å². The van der Waals surface area contributed by atoms with Crippen LogP contribution in [0.1, 0.15) is 62.0 Å². The predicted molar refractivity (Wildman–Crippen MR) is 134 cm³/mol. The zero-order valence-electron chi connectivity index (χ0n) is 20.3. The molecule has 0 saturated carbocycles. The van der Waals surface area contributed by atoms with E-state index in [1.807, 2.05) is 32.0 Å². The van der Waals surface area contributed by atoms with Gasteiger partial charge < -0.3 is 14.8 Å². The monoisotopic (exact) mass is 521 g/mol. The summed E-state index contributed by atoms with van der Waals surface area (Å²) in [5, 5.41) is 3.65. The Labute approximate surface area is 215 Å². The number of benzene rings is 2. The molecule has 2 aromatic carbocycles. The van der Waals surface area contributed by atoms with Crippen molar-refractivity contribution >= 4 is 12.4 Å². The second-order valence-electron chi connectivity index (χ2n) is 9.69. The Morgan fingerprint density at radius 1 is 1.17 bits per heavy atom. The van der Waals surface area contributed by atoms with E-state index < -0.39 is 12.0 Å². The van der Waals surface area contributed by atoms with Crippen LogP contribution in [0.15, 0.2) is 60.9 Å². The van der Waals surface area contributed by atoms with Crippen LogP contribution in [0.3, 0.4) is 0 Å². The Morgan fingerprint density at radius 3 is 2.67 bits per heavy atom. The maximum atomic E-state index is 13.5. The number of alkyl halides is 3. The first-order chi connectivity index (χ1) is 16.8. The zero-order valence-corrected chi connectivity index (χ0v) is 21.1. The van der Waals surface area contributed by atoms with Gasteiger partial charge in [-0.2, -0.15) is 13.2 Å². The fourth-order valence-electron chi connectivity index (χ4n) is 5.50. The molecule has 3 aromatic rings. The van der Waals surface area contributed by atoms with Crippen molar-refractivity contribution < 1.29 is 22.6 Å². The van der Waals surface area contributed by atoms with Crippen molar-refractivity contribution in [3.05, 3.63) is 77.9 Å². The molecule has 2 aliphatic rings. The lowest BCUT2D eigenvalue weighted by atomic mass is 9.77. The van der Waals surface area contributed by atoms with Gasteiger partial charge in [0.15, 0.2) is 0 Å². The van der Waals surface area contributed by atoms with Crippen LogP contribution in [0, 0.1) is 0 Å². The average molecular weight is 522 g/mol. The minimum atomic E-state index is -4.55. The van der Waals surface area contributed by atoms with Crippen molar-refractivity contribution in [2.45, 2.75) is 63.0 Å². The van der Waals surface area contributed by atoms with Gasteiger partial charge in [0, 0.05) is 29.6 Å². The second kappa shape index (κ2) is 10.4. The molecule has 1 spiro atoms. The Morgan fingerprint density at radius 2 is 1.94 bits per heavy atom. The minimum Gasteiger partial charge on any atom is -0.491 e. The summed E-state index contributed by atoms with van der Waals surface area (Å²) in [5.74, 6) is -0.267. The SMILES string of the molecule is CC(C)Oc1ccc(-n2ccnc2C(F)(F)F)cc1[C@H]1CO[C@]2(CCCN[C@H]2c2ccccc2)C1.Cl. The number of nitrogens with zero attached hydrogens (tertiary/aromatic N) is 2. The van der Waals surface area contributed by atoms with Crippen LogP contribution in [0.2, 0.25) is 0 Å². The van der Waals surface area contributed by atoms with Gasteiger partial charge in [-0.25, -0.2) is 4.98 Å². The first kappa shape index (κ1) is 26.5. The molecule has 2 aliphatic heterocycles. The highest BCUT2D eigenvalue weighted by Gasteiger charge is 2.49. The molecule has 1 aromatic heterocycles. The lowest BCUT2D eigenvalue weighted by molar-refractivity contribution is -0.145. The molecule has 5 rings (SSSR count). The van der Waals surface area contributed by atoms with Gasteiger partial charge in [-0.15, -0.1) is 12.4 Å². The van der Waals surface area contributed by atoms with Crippen molar-refractivity contribution in [1.29, 1.82) is 0 Å². The Bertz CT molecular complexity index is 1170. The molecule has 194 valence electrons. The molecule has 3 atom stereocenters. The molecule has 0 radical (unpaired) electrons. The summed E-state index contributed by atoms with van der Waals surface area (Å²) in [7, 11) is 0. The fraction of sp³-hybridized carbons (Fsp3) is 0.444. The van der Waals surface area contributed by atoms with Gasteiger partial charge >= 0.3 is 6.18 Å². The van der Waals surface area contributed by atoms with E-state index in [2.05, 4.69) is 22.4 Å². The van der Waals surface area contributed by atoms with Gasteiger partial charge in [0.25, 0.3) is 0 Å². The third-order valence-electron chi connectivity index (χ3n) is 6.92. The van der Waals surface area contributed by atoms with Crippen LogP contribution in [-0.4, -0.2) is 34.4 Å². The van der Waals surface area contributed by atoms with Gasteiger partial charge in [-0.05, 0) is 63.4 Å². The lowest BCUT2D eigenvalue weighted by Gasteiger charge is -2.41. The van der Waals surface area contributed by atoms with Crippen LogP contribution in [0.5, 0.6) is 5.75 Å². The second-order valence-corrected chi connectivity index (χ2v) is 9.69. The fourth-order valence-corrected chi connectivity index (χ4v) is 5.50. The summed E-state index contributed by atoms with van der Waals surface area (Å²) >= 11 is 0. The molecule has 0 unspecified atom stereocenters. The van der Waals surface area contributed by atoms with E-state index in [0.29, 0.717) is 18.0 Å². The normalized spacial score (nSPS) is 24.2. The molecule has 0 amide bonds. The topological polar surface area (TPSA) is 48.3 Å². The molecular weight excluding hydrogens is 491 g/mol. The van der Waals surface area contributed by atoms with Gasteiger partial charge in [-0.3, -0.25) is 4.57 Å². The quantitative estimate of drug-likeness (QED) is 0.418. The van der Waals surface area contributed by atoms with Crippen LogP contribution in [0.4, 0.5) is 13.2 Å². The Kier molecular flexibility index (Phi) is 7.69. The molecular formula is C27H31ClF3N3O2. The van der Waals surface area contributed by atoms with Gasteiger partial charge in [0.05, 0.1) is 24.4 Å². The molecule has 3 heterocycles. The summed E-state index contributed by atoms with van der Waals surface area (Å²) < 4.78 is 54.3. The number of ether oxygens (including phenoxy) is 2. The van der Waals surface area contributed by atoms with E-state index >= 15 is 0 Å². The van der Waals surface area contributed by atoms with Crippen molar-refractivity contribution in [2.24, 2.45) is 0 Å². The summed E-state index contributed by atoms with van der Waals surface area (Å²) in [6.45, 7) is 5.29. The number of halogens is 4. The minimum absolute atomic E-state index is 0. The van der Waals surface area contributed by atoms with Crippen molar-refractivity contribution in [3.8, 4) is 11.4 Å². The smallest absolute Gasteiger partial charge is 0.450 e. The van der Waals surface area contributed by atoms with Crippen molar-refractivity contribution in [2.75, 3.05) is 13.2 Å². The average Bonchev–Trinajstić information content (AvgIpc) is 3.48. The molecule has 5 nitrogen and oxygen atoms in total. The number of piperidine rings is 1. The molecule has 2 saturated heterocycles. The summed E-state index contributed by atoms with van der Waals surface area (Å²) in [5.41, 5.74) is 2.09.